The number of pyridine rings is 1. The molecule has 1 aromatic heterocycles. The largest absolute Gasteiger partial charge is 0.480 e. The summed E-state index contributed by atoms with van der Waals surface area (Å²) in [5.41, 5.74) is 3.64. The van der Waals surface area contributed by atoms with E-state index in [0.29, 0.717) is 35.1 Å². The number of hydrogen-bond acceptors (Lipinski definition) is 3. The molecule has 2 aromatic carbocycles. The molecular formula is C23H18Cl2N2O3. The van der Waals surface area contributed by atoms with E-state index in [1.165, 1.54) is 4.90 Å². The van der Waals surface area contributed by atoms with Crippen molar-refractivity contribution in [1.29, 1.82) is 0 Å². The van der Waals surface area contributed by atoms with Crippen molar-refractivity contribution in [1.82, 2.24) is 9.88 Å². The van der Waals surface area contributed by atoms with Gasteiger partial charge in [-0.2, -0.15) is 0 Å². The zero-order valence-corrected chi connectivity index (χ0v) is 17.4. The van der Waals surface area contributed by atoms with Crippen molar-refractivity contribution >= 4 is 35.1 Å². The zero-order valence-electron chi connectivity index (χ0n) is 15.9. The topological polar surface area (TPSA) is 70.5 Å². The van der Waals surface area contributed by atoms with Gasteiger partial charge in [0.25, 0.3) is 5.91 Å². The van der Waals surface area contributed by atoms with Gasteiger partial charge < -0.3 is 10.0 Å². The van der Waals surface area contributed by atoms with Crippen LogP contribution >= 0.6 is 23.2 Å². The summed E-state index contributed by atoms with van der Waals surface area (Å²) in [6, 6.07) is 15.5. The van der Waals surface area contributed by atoms with Gasteiger partial charge >= 0.3 is 5.97 Å². The molecule has 2 heterocycles. The van der Waals surface area contributed by atoms with Crippen molar-refractivity contribution in [3.63, 3.8) is 0 Å². The quantitative estimate of drug-likeness (QED) is 0.550. The summed E-state index contributed by atoms with van der Waals surface area (Å²) in [5, 5.41) is 10.4. The molecule has 0 saturated carbocycles. The number of aromatic nitrogens is 1. The van der Waals surface area contributed by atoms with E-state index in [4.69, 9.17) is 23.2 Å². The Morgan fingerprint density at radius 2 is 1.80 bits per heavy atom. The molecule has 1 aliphatic heterocycles. The molecule has 0 aliphatic carbocycles. The lowest BCUT2D eigenvalue weighted by Crippen LogP contribution is -2.40. The molecule has 1 atom stereocenters. The lowest BCUT2D eigenvalue weighted by molar-refractivity contribution is -0.141. The third-order valence-corrected chi connectivity index (χ3v) is 5.82. The molecule has 7 heteroatoms. The number of amides is 1. The van der Waals surface area contributed by atoms with Gasteiger partial charge in [-0.25, -0.2) is 9.78 Å². The number of nitrogens with zero attached hydrogens (tertiary/aromatic N) is 2. The number of carboxylic acids is 1. The Morgan fingerprint density at radius 1 is 1.00 bits per heavy atom. The summed E-state index contributed by atoms with van der Waals surface area (Å²) in [6.45, 7) is 0.431. The lowest BCUT2D eigenvalue weighted by atomic mass is 9.93. The Kier molecular flexibility index (Phi) is 5.75. The Bertz CT molecular complexity index is 1120. The van der Waals surface area contributed by atoms with E-state index in [1.54, 1.807) is 30.5 Å². The number of aliphatic carboxylic acids is 1. The molecule has 1 saturated heterocycles. The van der Waals surface area contributed by atoms with Crippen LogP contribution in [0.2, 0.25) is 10.2 Å². The predicted octanol–water partition coefficient (Wildman–Crippen LogP) is 5.41. The highest BCUT2D eigenvalue weighted by Crippen LogP contribution is 2.37. The highest BCUT2D eigenvalue weighted by atomic mass is 35.5. The van der Waals surface area contributed by atoms with Crippen LogP contribution in [-0.4, -0.2) is 39.5 Å². The number of likely N-dealkylation sites (tertiary alicyclic amines) is 1. The predicted molar refractivity (Wildman–Crippen MR) is 117 cm³/mol. The molecular weight excluding hydrogens is 423 g/mol. The van der Waals surface area contributed by atoms with Crippen LogP contribution in [0, 0.1) is 0 Å². The number of rotatable bonds is 4. The normalized spacial score (nSPS) is 15.9. The van der Waals surface area contributed by atoms with Gasteiger partial charge in [-0.1, -0.05) is 47.5 Å². The fraction of sp³-hybridized carbons (Fsp3) is 0.174. The summed E-state index contributed by atoms with van der Waals surface area (Å²) in [6.07, 6.45) is 2.81. The number of carbonyl (C=O) groups excluding carboxylic acids is 1. The fourth-order valence-corrected chi connectivity index (χ4v) is 4.15. The van der Waals surface area contributed by atoms with Crippen molar-refractivity contribution in [2.75, 3.05) is 6.54 Å². The first-order valence-corrected chi connectivity index (χ1v) is 10.3. The van der Waals surface area contributed by atoms with Crippen LogP contribution in [0.5, 0.6) is 0 Å². The molecule has 4 rings (SSSR count). The SMILES string of the molecule is O=C(O)C1CCCN1C(=O)c1ccc(-c2ccc(Cl)nc2)c(-c2ccccc2Cl)c1. The first-order chi connectivity index (χ1) is 14.5. The second-order valence-corrected chi connectivity index (χ2v) is 7.90. The van der Waals surface area contributed by atoms with E-state index in [0.717, 1.165) is 22.3 Å². The van der Waals surface area contributed by atoms with Crippen molar-refractivity contribution < 1.29 is 14.7 Å². The van der Waals surface area contributed by atoms with Crippen molar-refractivity contribution in [2.24, 2.45) is 0 Å². The van der Waals surface area contributed by atoms with Gasteiger partial charge in [0, 0.05) is 34.5 Å². The second kappa shape index (κ2) is 8.46. The number of halogens is 2. The van der Waals surface area contributed by atoms with E-state index < -0.39 is 12.0 Å². The maximum Gasteiger partial charge on any atom is 0.326 e. The molecule has 1 fully saturated rings. The van der Waals surface area contributed by atoms with Gasteiger partial charge in [-0.3, -0.25) is 4.79 Å². The standard InChI is InChI=1S/C23H18Cl2N2O3/c24-19-5-2-1-4-17(19)18-12-14(22(28)27-11-3-6-20(27)23(29)30)7-9-16(18)15-8-10-21(25)26-13-15/h1-2,4-5,7-10,12-13,20H,3,6,11H2,(H,29,30). The average molecular weight is 441 g/mol. The molecule has 30 heavy (non-hydrogen) atoms. The minimum atomic E-state index is -0.976. The number of carboxylic acid groups (broad SMARTS) is 1. The van der Waals surface area contributed by atoms with Crippen molar-refractivity contribution in [3.8, 4) is 22.3 Å². The van der Waals surface area contributed by atoms with Crippen LogP contribution in [0.1, 0.15) is 23.2 Å². The third-order valence-electron chi connectivity index (χ3n) is 5.27. The average Bonchev–Trinajstić information content (AvgIpc) is 3.24. The summed E-state index contributed by atoms with van der Waals surface area (Å²) in [7, 11) is 0. The minimum absolute atomic E-state index is 0.297. The number of benzene rings is 2. The molecule has 5 nitrogen and oxygen atoms in total. The Hall–Kier alpha value is -2.89. The smallest absolute Gasteiger partial charge is 0.326 e. The first-order valence-electron chi connectivity index (χ1n) is 9.50. The van der Waals surface area contributed by atoms with E-state index >= 15 is 0 Å². The Balaban J connectivity index is 1.82. The van der Waals surface area contributed by atoms with Gasteiger partial charge in [0.05, 0.1) is 0 Å². The van der Waals surface area contributed by atoms with Crippen molar-refractivity contribution in [2.45, 2.75) is 18.9 Å². The molecule has 0 radical (unpaired) electrons. The summed E-state index contributed by atoms with van der Waals surface area (Å²) in [4.78, 5) is 30.2. The number of hydrogen-bond donors (Lipinski definition) is 1. The van der Waals surface area contributed by atoms with Gasteiger partial charge in [-0.05, 0) is 54.3 Å². The second-order valence-electron chi connectivity index (χ2n) is 7.10. The van der Waals surface area contributed by atoms with Crippen LogP contribution < -0.4 is 0 Å². The fourth-order valence-electron chi connectivity index (χ4n) is 3.80. The van der Waals surface area contributed by atoms with Crippen LogP contribution in [0.15, 0.2) is 60.8 Å². The maximum atomic E-state index is 13.1. The molecule has 1 aliphatic rings. The van der Waals surface area contributed by atoms with Gasteiger partial charge in [-0.15, -0.1) is 0 Å². The molecule has 152 valence electrons. The van der Waals surface area contributed by atoms with E-state index in [1.807, 2.05) is 30.3 Å². The third kappa shape index (κ3) is 3.91. The Morgan fingerprint density at radius 3 is 2.50 bits per heavy atom. The van der Waals surface area contributed by atoms with Gasteiger partial charge in [0.1, 0.15) is 11.2 Å². The van der Waals surface area contributed by atoms with Gasteiger partial charge in [0.2, 0.25) is 0 Å². The molecule has 3 aromatic rings. The van der Waals surface area contributed by atoms with E-state index in [-0.39, 0.29) is 5.91 Å². The summed E-state index contributed by atoms with van der Waals surface area (Å²) in [5.74, 6) is -1.27. The van der Waals surface area contributed by atoms with Crippen LogP contribution in [-0.2, 0) is 4.79 Å². The molecule has 0 bridgehead atoms. The molecule has 1 amide bonds. The minimum Gasteiger partial charge on any atom is -0.480 e. The van der Waals surface area contributed by atoms with Crippen LogP contribution in [0.3, 0.4) is 0 Å². The Labute approximate surface area is 183 Å². The lowest BCUT2D eigenvalue weighted by Gasteiger charge is -2.22. The van der Waals surface area contributed by atoms with Crippen LogP contribution in [0.25, 0.3) is 22.3 Å². The first kappa shape index (κ1) is 20.4. The molecule has 0 spiro atoms. The molecule has 1 unspecified atom stereocenters. The van der Waals surface area contributed by atoms with Crippen molar-refractivity contribution in [3.05, 3.63) is 76.5 Å². The maximum absolute atomic E-state index is 13.1. The van der Waals surface area contributed by atoms with Gasteiger partial charge in [0.15, 0.2) is 0 Å². The highest BCUT2D eigenvalue weighted by molar-refractivity contribution is 6.33. The number of carbonyl (C=O) groups is 2. The monoisotopic (exact) mass is 440 g/mol. The highest BCUT2D eigenvalue weighted by Gasteiger charge is 2.34. The van der Waals surface area contributed by atoms with E-state index in [2.05, 4.69) is 4.98 Å². The summed E-state index contributed by atoms with van der Waals surface area (Å²) < 4.78 is 0. The van der Waals surface area contributed by atoms with Crippen LogP contribution in [0.4, 0.5) is 0 Å². The van der Waals surface area contributed by atoms with E-state index in [9.17, 15) is 14.7 Å². The zero-order chi connectivity index (χ0) is 21.3. The molecule has 1 N–H and O–H groups in total. The summed E-state index contributed by atoms with van der Waals surface area (Å²) >= 11 is 12.4.